The van der Waals surface area contributed by atoms with Crippen LogP contribution >= 0.6 is 0 Å². The molecule has 2 nitrogen and oxygen atoms in total. The van der Waals surface area contributed by atoms with Crippen molar-refractivity contribution in [2.24, 2.45) is 0 Å². The highest BCUT2D eigenvalue weighted by Gasteiger charge is 2.15. The van der Waals surface area contributed by atoms with Crippen molar-refractivity contribution in [3.63, 3.8) is 0 Å². The third-order valence-electron chi connectivity index (χ3n) is 3.65. The molecule has 0 radical (unpaired) electrons. The lowest BCUT2D eigenvalue weighted by molar-refractivity contribution is 0.462. The van der Waals surface area contributed by atoms with E-state index in [1.54, 1.807) is 0 Å². The first-order valence-corrected chi connectivity index (χ1v) is 6.40. The van der Waals surface area contributed by atoms with E-state index >= 15 is 0 Å². The zero-order chi connectivity index (χ0) is 11.7. The monoisotopic (exact) mass is 226 g/mol. The molecule has 2 aromatic rings. The Labute approximate surface area is 102 Å². The summed E-state index contributed by atoms with van der Waals surface area (Å²) in [6.07, 6.45) is 4.58. The van der Waals surface area contributed by atoms with Gasteiger partial charge in [-0.15, -0.1) is 0 Å². The predicted molar refractivity (Wildman–Crippen MR) is 71.3 cm³/mol. The fourth-order valence-electron chi connectivity index (χ4n) is 2.66. The van der Waals surface area contributed by atoms with Crippen LogP contribution in [0.4, 0.5) is 0 Å². The fourth-order valence-corrected chi connectivity index (χ4v) is 2.66. The summed E-state index contributed by atoms with van der Waals surface area (Å²) in [7, 11) is 0. The minimum absolute atomic E-state index is 0.675. The highest BCUT2D eigenvalue weighted by Crippen LogP contribution is 2.26. The van der Waals surface area contributed by atoms with Crippen LogP contribution in [-0.4, -0.2) is 18.1 Å². The molecule has 1 aliphatic heterocycles. The maximum Gasteiger partial charge on any atom is 0.0379 e. The Morgan fingerprint density at radius 1 is 1.24 bits per heavy atom. The Morgan fingerprint density at radius 3 is 3.00 bits per heavy atom. The summed E-state index contributed by atoms with van der Waals surface area (Å²) < 4.78 is 0. The predicted octanol–water partition coefficient (Wildman–Crippen LogP) is 3.01. The number of nitrogens with zero attached hydrogens (tertiary/aromatic N) is 1. The lowest BCUT2D eigenvalue weighted by atomic mass is 9.90. The van der Waals surface area contributed by atoms with Gasteiger partial charge in [0.05, 0.1) is 0 Å². The molecule has 1 saturated heterocycles. The molecular weight excluding hydrogens is 208 g/mol. The highest BCUT2D eigenvalue weighted by molar-refractivity contribution is 5.82. The number of fused-ring (bicyclic) bond motifs is 1. The molecule has 1 atom stereocenters. The molecule has 1 aromatic carbocycles. The molecule has 17 heavy (non-hydrogen) atoms. The summed E-state index contributed by atoms with van der Waals surface area (Å²) in [6.45, 7) is 4.33. The van der Waals surface area contributed by atoms with Crippen LogP contribution in [0.25, 0.3) is 10.8 Å². The first-order valence-electron chi connectivity index (χ1n) is 6.40. The van der Waals surface area contributed by atoms with Crippen LogP contribution in [0.15, 0.2) is 30.5 Å². The van der Waals surface area contributed by atoms with Crippen LogP contribution in [0.1, 0.15) is 30.0 Å². The lowest BCUT2D eigenvalue weighted by Crippen LogP contribution is -2.28. The van der Waals surface area contributed by atoms with E-state index in [-0.39, 0.29) is 0 Å². The van der Waals surface area contributed by atoms with Crippen LogP contribution in [0.5, 0.6) is 0 Å². The van der Waals surface area contributed by atoms with Crippen LogP contribution < -0.4 is 5.32 Å². The molecule has 1 aliphatic rings. The largest absolute Gasteiger partial charge is 0.316 e. The summed E-state index contributed by atoms with van der Waals surface area (Å²) in [5, 5.41) is 6.03. The van der Waals surface area contributed by atoms with Gasteiger partial charge in [-0.3, -0.25) is 4.98 Å². The maximum atomic E-state index is 4.38. The maximum absolute atomic E-state index is 4.38. The van der Waals surface area contributed by atoms with Gasteiger partial charge in [0.1, 0.15) is 0 Å². The van der Waals surface area contributed by atoms with Gasteiger partial charge in [0, 0.05) is 23.8 Å². The number of rotatable bonds is 1. The third kappa shape index (κ3) is 2.18. The van der Waals surface area contributed by atoms with Crippen molar-refractivity contribution in [2.45, 2.75) is 25.7 Å². The molecule has 0 amide bonds. The van der Waals surface area contributed by atoms with Gasteiger partial charge >= 0.3 is 0 Å². The lowest BCUT2D eigenvalue weighted by Gasteiger charge is -2.23. The molecule has 0 saturated carbocycles. The molecule has 1 aromatic heterocycles. The van der Waals surface area contributed by atoms with E-state index in [9.17, 15) is 0 Å². The Morgan fingerprint density at radius 2 is 2.18 bits per heavy atom. The molecule has 1 unspecified atom stereocenters. The molecule has 0 spiro atoms. The number of hydrogen-bond acceptors (Lipinski definition) is 2. The number of pyridine rings is 1. The van der Waals surface area contributed by atoms with Crippen LogP contribution in [-0.2, 0) is 0 Å². The van der Waals surface area contributed by atoms with Gasteiger partial charge in [0.15, 0.2) is 0 Å². The van der Waals surface area contributed by atoms with Gasteiger partial charge in [0.25, 0.3) is 0 Å². The van der Waals surface area contributed by atoms with Gasteiger partial charge < -0.3 is 5.32 Å². The van der Waals surface area contributed by atoms with Crippen molar-refractivity contribution in [1.29, 1.82) is 0 Å². The van der Waals surface area contributed by atoms with E-state index in [1.807, 2.05) is 13.1 Å². The smallest absolute Gasteiger partial charge is 0.0379 e. The van der Waals surface area contributed by atoms with Crippen molar-refractivity contribution >= 4 is 10.8 Å². The van der Waals surface area contributed by atoms with Gasteiger partial charge in [-0.2, -0.15) is 0 Å². The van der Waals surface area contributed by atoms with Gasteiger partial charge in [-0.25, -0.2) is 0 Å². The number of aromatic nitrogens is 1. The van der Waals surface area contributed by atoms with Crippen LogP contribution in [0.3, 0.4) is 0 Å². The molecule has 2 heteroatoms. The second kappa shape index (κ2) is 4.46. The Hall–Kier alpha value is -1.41. The number of hydrogen-bond donors (Lipinski definition) is 1. The van der Waals surface area contributed by atoms with Crippen molar-refractivity contribution in [3.05, 3.63) is 41.7 Å². The van der Waals surface area contributed by atoms with Crippen molar-refractivity contribution in [1.82, 2.24) is 10.3 Å². The summed E-state index contributed by atoms with van der Waals surface area (Å²) >= 11 is 0. The van der Waals surface area contributed by atoms with Crippen molar-refractivity contribution < 1.29 is 0 Å². The number of nitrogens with one attached hydrogen (secondary N) is 1. The summed E-state index contributed by atoms with van der Waals surface area (Å²) in [4.78, 5) is 4.38. The average molecular weight is 226 g/mol. The second-order valence-electron chi connectivity index (χ2n) is 4.98. The van der Waals surface area contributed by atoms with E-state index in [2.05, 4.69) is 34.6 Å². The first kappa shape index (κ1) is 10.7. The summed E-state index contributed by atoms with van der Waals surface area (Å²) in [5.41, 5.74) is 2.54. The molecule has 3 rings (SSSR count). The van der Waals surface area contributed by atoms with Gasteiger partial charge in [0.2, 0.25) is 0 Å². The molecule has 1 fully saturated rings. The average Bonchev–Trinajstić information content (AvgIpc) is 2.39. The highest BCUT2D eigenvalue weighted by atomic mass is 14.9. The van der Waals surface area contributed by atoms with Gasteiger partial charge in [-0.05, 0) is 55.3 Å². The first-order chi connectivity index (χ1) is 8.33. The van der Waals surface area contributed by atoms with Crippen LogP contribution in [0, 0.1) is 6.92 Å². The van der Waals surface area contributed by atoms with E-state index in [0.29, 0.717) is 5.92 Å². The Balaban J connectivity index is 1.98. The van der Waals surface area contributed by atoms with Gasteiger partial charge in [-0.1, -0.05) is 12.1 Å². The molecule has 88 valence electrons. The zero-order valence-corrected chi connectivity index (χ0v) is 10.2. The molecular formula is C15H18N2. The van der Waals surface area contributed by atoms with E-state index in [4.69, 9.17) is 0 Å². The van der Waals surface area contributed by atoms with E-state index < -0.39 is 0 Å². The molecule has 0 bridgehead atoms. The number of aryl methyl sites for hydroxylation is 1. The van der Waals surface area contributed by atoms with E-state index in [0.717, 1.165) is 12.2 Å². The van der Waals surface area contributed by atoms with Crippen LogP contribution in [0.2, 0.25) is 0 Å². The topological polar surface area (TPSA) is 24.9 Å². The van der Waals surface area contributed by atoms with E-state index in [1.165, 1.54) is 35.7 Å². The molecule has 1 N–H and O–H groups in total. The zero-order valence-electron chi connectivity index (χ0n) is 10.2. The summed E-state index contributed by atoms with van der Waals surface area (Å²) in [5.74, 6) is 0.675. The standard InChI is InChI=1S/C15H18N2/c1-11-7-12-4-5-13(8-15(12)10-17-11)14-3-2-6-16-9-14/h4-5,7-8,10,14,16H,2-3,6,9H2,1H3. The third-order valence-corrected chi connectivity index (χ3v) is 3.65. The second-order valence-corrected chi connectivity index (χ2v) is 4.98. The minimum Gasteiger partial charge on any atom is -0.316 e. The molecule has 2 heterocycles. The number of piperidine rings is 1. The van der Waals surface area contributed by atoms with Crippen molar-refractivity contribution in [3.8, 4) is 0 Å². The SMILES string of the molecule is Cc1cc2ccc(C3CCCNC3)cc2cn1. The molecule has 0 aliphatic carbocycles. The Bertz CT molecular complexity index is 527. The summed E-state index contributed by atoms with van der Waals surface area (Å²) in [6, 6.07) is 8.96. The normalized spacial score (nSPS) is 20.6. The quantitative estimate of drug-likeness (QED) is 0.808. The Kier molecular flexibility index (Phi) is 2.81. The number of benzene rings is 1. The fraction of sp³-hybridized carbons (Fsp3) is 0.400. The minimum atomic E-state index is 0.675. The van der Waals surface area contributed by atoms with Crippen molar-refractivity contribution in [2.75, 3.05) is 13.1 Å².